The lowest BCUT2D eigenvalue weighted by atomic mass is 10.1. The topological polar surface area (TPSA) is 89.3 Å². The normalized spacial score (nSPS) is 10.1. The maximum atomic E-state index is 10.7. The monoisotopic (exact) mass is 204 g/mol. The Morgan fingerprint density at radius 2 is 2.00 bits per heavy atom. The molecule has 1 heterocycles. The molecule has 1 aromatic heterocycles. The van der Waals surface area contributed by atoms with Crippen molar-refractivity contribution in [2.45, 2.75) is 0 Å². The summed E-state index contributed by atoms with van der Waals surface area (Å²) in [6.07, 6.45) is 0.571. The number of rotatable bonds is 2. The van der Waals surface area contributed by atoms with Crippen LogP contribution in [0.2, 0.25) is 0 Å². The van der Waals surface area contributed by atoms with E-state index in [1.54, 1.807) is 12.1 Å². The molecule has 0 aliphatic carbocycles. The first-order valence-corrected chi connectivity index (χ1v) is 4.21. The first kappa shape index (κ1) is 9.26. The summed E-state index contributed by atoms with van der Waals surface area (Å²) >= 11 is 0. The Morgan fingerprint density at radius 1 is 1.33 bits per heavy atom. The van der Waals surface area contributed by atoms with Crippen LogP contribution in [0.5, 0.6) is 5.75 Å². The minimum absolute atomic E-state index is 0.0554. The molecule has 0 aliphatic heterocycles. The summed E-state index contributed by atoms with van der Waals surface area (Å²) in [6.45, 7) is 0. The Bertz CT molecular complexity index is 488. The molecule has 0 unspecified atom stereocenters. The van der Waals surface area contributed by atoms with Crippen molar-refractivity contribution >= 4 is 12.3 Å². The second-order valence-corrected chi connectivity index (χ2v) is 2.93. The number of aromatic nitrogens is 1. The van der Waals surface area contributed by atoms with Gasteiger partial charge in [-0.2, -0.15) is 4.98 Å². The highest BCUT2D eigenvalue weighted by Crippen LogP contribution is 2.26. The molecule has 0 spiro atoms. The summed E-state index contributed by atoms with van der Waals surface area (Å²) in [4.78, 5) is 14.4. The van der Waals surface area contributed by atoms with Crippen LogP contribution in [-0.4, -0.2) is 16.4 Å². The van der Waals surface area contributed by atoms with Gasteiger partial charge >= 0.3 is 0 Å². The third kappa shape index (κ3) is 1.67. The lowest BCUT2D eigenvalue weighted by molar-refractivity contribution is 0.112. The number of carbonyl (C=O) groups excluding carboxylic acids is 1. The highest BCUT2D eigenvalue weighted by Gasteiger charge is 2.12. The van der Waals surface area contributed by atoms with Gasteiger partial charge in [-0.25, -0.2) is 0 Å². The molecular weight excluding hydrogens is 196 g/mol. The predicted octanol–water partition coefficient (Wildman–Crippen LogP) is 1.44. The van der Waals surface area contributed by atoms with Gasteiger partial charge < -0.3 is 15.3 Å². The number of nitrogens with two attached hydrogens (primary N) is 1. The predicted molar refractivity (Wildman–Crippen MR) is 53.4 cm³/mol. The van der Waals surface area contributed by atoms with E-state index >= 15 is 0 Å². The zero-order chi connectivity index (χ0) is 10.8. The number of phenols is 1. The van der Waals surface area contributed by atoms with E-state index in [4.69, 9.17) is 15.3 Å². The van der Waals surface area contributed by atoms with Crippen LogP contribution in [0.4, 0.5) is 6.01 Å². The largest absolute Gasteiger partial charge is 0.508 e. The molecule has 2 aromatic rings. The van der Waals surface area contributed by atoms with Gasteiger partial charge in [-0.05, 0) is 24.3 Å². The molecule has 0 saturated carbocycles. The van der Waals surface area contributed by atoms with Gasteiger partial charge in [0, 0.05) is 5.56 Å². The van der Waals surface area contributed by atoms with E-state index in [1.807, 2.05) is 0 Å². The molecule has 15 heavy (non-hydrogen) atoms. The van der Waals surface area contributed by atoms with E-state index in [1.165, 1.54) is 12.1 Å². The number of aldehydes is 1. The number of oxazole rings is 1. The van der Waals surface area contributed by atoms with Crippen molar-refractivity contribution in [1.29, 1.82) is 0 Å². The van der Waals surface area contributed by atoms with Crippen LogP contribution >= 0.6 is 0 Å². The molecule has 0 saturated heterocycles. The van der Waals surface area contributed by atoms with Crippen molar-refractivity contribution < 1.29 is 14.3 Å². The lowest BCUT2D eigenvalue weighted by Crippen LogP contribution is -1.85. The summed E-state index contributed by atoms with van der Waals surface area (Å²) in [7, 11) is 0. The number of carbonyl (C=O) groups is 1. The molecular formula is C10H8N2O3. The highest BCUT2D eigenvalue weighted by molar-refractivity contribution is 5.83. The lowest BCUT2D eigenvalue weighted by Gasteiger charge is -1.96. The number of anilines is 1. The van der Waals surface area contributed by atoms with Crippen LogP contribution in [0, 0.1) is 0 Å². The zero-order valence-electron chi connectivity index (χ0n) is 7.68. The van der Waals surface area contributed by atoms with Gasteiger partial charge in [-0.3, -0.25) is 4.79 Å². The van der Waals surface area contributed by atoms with Crippen molar-refractivity contribution in [2.24, 2.45) is 0 Å². The van der Waals surface area contributed by atoms with Crippen molar-refractivity contribution in [3.63, 3.8) is 0 Å². The minimum atomic E-state index is -0.0554. The molecule has 2 rings (SSSR count). The van der Waals surface area contributed by atoms with Gasteiger partial charge in [0.05, 0.1) is 0 Å². The average Bonchev–Trinajstić information content (AvgIpc) is 2.61. The first-order chi connectivity index (χ1) is 7.20. The maximum absolute atomic E-state index is 10.7. The molecule has 0 amide bonds. The van der Waals surface area contributed by atoms with Crippen molar-refractivity contribution in [3.8, 4) is 17.1 Å². The average molecular weight is 204 g/mol. The maximum Gasteiger partial charge on any atom is 0.293 e. The molecule has 0 bridgehead atoms. The summed E-state index contributed by atoms with van der Waals surface area (Å²) < 4.78 is 5.09. The number of hydrogen-bond acceptors (Lipinski definition) is 5. The molecule has 76 valence electrons. The van der Waals surface area contributed by atoms with E-state index in [0.717, 1.165) is 0 Å². The Balaban J connectivity index is 2.52. The fourth-order valence-electron chi connectivity index (χ4n) is 1.25. The SMILES string of the molecule is Nc1nc(C=O)c(-c2ccc(O)cc2)o1. The fraction of sp³-hybridized carbons (Fsp3) is 0. The summed E-state index contributed by atoms with van der Waals surface area (Å²) in [5, 5.41) is 9.09. The summed E-state index contributed by atoms with van der Waals surface area (Å²) in [6, 6.07) is 6.15. The first-order valence-electron chi connectivity index (χ1n) is 4.21. The smallest absolute Gasteiger partial charge is 0.293 e. The number of aromatic hydroxyl groups is 1. The number of nitrogens with zero attached hydrogens (tertiary/aromatic N) is 1. The van der Waals surface area contributed by atoms with Crippen LogP contribution < -0.4 is 5.73 Å². The Morgan fingerprint density at radius 3 is 2.60 bits per heavy atom. The number of nitrogen functional groups attached to an aromatic ring is 1. The molecule has 0 aliphatic rings. The quantitative estimate of drug-likeness (QED) is 0.722. The molecule has 1 aromatic carbocycles. The molecule has 5 heteroatoms. The van der Waals surface area contributed by atoms with Gasteiger partial charge in [0.15, 0.2) is 17.7 Å². The van der Waals surface area contributed by atoms with Crippen LogP contribution in [0.3, 0.4) is 0 Å². The zero-order valence-corrected chi connectivity index (χ0v) is 7.68. The van der Waals surface area contributed by atoms with Gasteiger partial charge in [0.25, 0.3) is 6.01 Å². The standard InChI is InChI=1S/C10H8N2O3/c11-10-12-8(5-13)9(15-10)6-1-3-7(14)4-2-6/h1-5,14H,(H2,11,12). The number of hydrogen-bond donors (Lipinski definition) is 2. The van der Waals surface area contributed by atoms with Crippen LogP contribution in [0.15, 0.2) is 28.7 Å². The van der Waals surface area contributed by atoms with Crippen molar-refractivity contribution in [2.75, 3.05) is 5.73 Å². The molecule has 3 N–H and O–H groups in total. The molecule has 5 nitrogen and oxygen atoms in total. The van der Waals surface area contributed by atoms with E-state index < -0.39 is 0 Å². The second kappa shape index (κ2) is 3.45. The number of phenolic OH excluding ortho intramolecular Hbond substituents is 1. The highest BCUT2D eigenvalue weighted by atomic mass is 16.4. The summed E-state index contributed by atoms with van der Waals surface area (Å²) in [5.41, 5.74) is 6.13. The third-order valence-corrected chi connectivity index (χ3v) is 1.91. The molecule has 0 atom stereocenters. The Labute approximate surface area is 85.2 Å². The molecule has 0 fully saturated rings. The Hall–Kier alpha value is -2.30. The fourth-order valence-corrected chi connectivity index (χ4v) is 1.25. The number of benzene rings is 1. The van der Waals surface area contributed by atoms with Gasteiger partial charge in [0.1, 0.15) is 5.75 Å². The van der Waals surface area contributed by atoms with Gasteiger partial charge in [0.2, 0.25) is 0 Å². The second-order valence-electron chi connectivity index (χ2n) is 2.93. The van der Waals surface area contributed by atoms with Crippen LogP contribution in [-0.2, 0) is 0 Å². The van der Waals surface area contributed by atoms with Gasteiger partial charge in [-0.15, -0.1) is 0 Å². The Kier molecular flexibility index (Phi) is 2.13. The van der Waals surface area contributed by atoms with E-state index in [9.17, 15) is 4.79 Å². The molecule has 0 radical (unpaired) electrons. The van der Waals surface area contributed by atoms with Gasteiger partial charge in [-0.1, -0.05) is 0 Å². The van der Waals surface area contributed by atoms with E-state index in [0.29, 0.717) is 17.6 Å². The van der Waals surface area contributed by atoms with E-state index in [-0.39, 0.29) is 17.5 Å². The minimum Gasteiger partial charge on any atom is -0.508 e. The third-order valence-electron chi connectivity index (χ3n) is 1.91. The summed E-state index contributed by atoms with van der Waals surface area (Å²) in [5.74, 6) is 0.446. The van der Waals surface area contributed by atoms with Crippen molar-refractivity contribution in [1.82, 2.24) is 4.98 Å². The van der Waals surface area contributed by atoms with Crippen LogP contribution in [0.1, 0.15) is 10.5 Å². The van der Waals surface area contributed by atoms with Crippen molar-refractivity contribution in [3.05, 3.63) is 30.0 Å². The van der Waals surface area contributed by atoms with E-state index in [2.05, 4.69) is 4.98 Å². The van der Waals surface area contributed by atoms with Crippen LogP contribution in [0.25, 0.3) is 11.3 Å².